The van der Waals surface area contributed by atoms with E-state index in [2.05, 4.69) is 15.5 Å². The van der Waals surface area contributed by atoms with Gasteiger partial charge in [0.1, 0.15) is 0 Å². The predicted octanol–water partition coefficient (Wildman–Crippen LogP) is 3.47. The second kappa shape index (κ2) is 6.30. The zero-order valence-electron chi connectivity index (χ0n) is 13.2. The molecule has 1 aromatic carbocycles. The third kappa shape index (κ3) is 3.29. The van der Waals surface area contributed by atoms with Gasteiger partial charge in [0.2, 0.25) is 5.91 Å². The maximum Gasteiger partial charge on any atom is 0.416 e. The predicted molar refractivity (Wildman–Crippen MR) is 82.3 cm³/mol. The molecule has 1 aliphatic carbocycles. The molecule has 0 fully saturated rings. The van der Waals surface area contributed by atoms with E-state index >= 15 is 0 Å². The number of benzene rings is 1. The summed E-state index contributed by atoms with van der Waals surface area (Å²) in [4.78, 5) is 12.4. The number of fused-ring (bicyclic) bond motifs is 1. The number of nitrogens with zero attached hydrogens (tertiary/aromatic N) is 1. The van der Waals surface area contributed by atoms with Crippen LogP contribution in [0.4, 0.5) is 13.2 Å². The molecule has 2 aromatic rings. The van der Waals surface area contributed by atoms with Gasteiger partial charge in [-0.1, -0.05) is 6.07 Å². The Morgan fingerprint density at radius 2 is 2.21 bits per heavy atom. The highest BCUT2D eigenvalue weighted by atomic mass is 19.4. The quantitative estimate of drug-likeness (QED) is 0.901. The number of aromatic nitrogens is 2. The lowest BCUT2D eigenvalue weighted by molar-refractivity contribution is -0.137. The minimum Gasteiger partial charge on any atom is -0.351 e. The number of hydrogen-bond acceptors (Lipinski definition) is 2. The maximum absolute atomic E-state index is 12.7. The summed E-state index contributed by atoms with van der Waals surface area (Å²) in [6.07, 6.45) is -0.123. The monoisotopic (exact) mass is 337 g/mol. The SMILES string of the molecule is Cc1cc(C(F)(F)F)ccc1CNC(=O)C1CCCc2[nH]ncc21. The van der Waals surface area contributed by atoms with E-state index in [0.717, 1.165) is 42.7 Å². The lowest BCUT2D eigenvalue weighted by Crippen LogP contribution is -2.31. The smallest absolute Gasteiger partial charge is 0.351 e. The molecule has 24 heavy (non-hydrogen) atoms. The number of alkyl halides is 3. The zero-order chi connectivity index (χ0) is 17.3. The highest BCUT2D eigenvalue weighted by molar-refractivity contribution is 5.84. The first-order valence-corrected chi connectivity index (χ1v) is 7.83. The zero-order valence-corrected chi connectivity index (χ0v) is 13.2. The number of hydrogen-bond donors (Lipinski definition) is 2. The first-order valence-electron chi connectivity index (χ1n) is 7.83. The molecule has 128 valence electrons. The van der Waals surface area contributed by atoms with Crippen molar-refractivity contribution in [2.75, 3.05) is 0 Å². The number of carbonyl (C=O) groups excluding carboxylic acids is 1. The average molecular weight is 337 g/mol. The van der Waals surface area contributed by atoms with E-state index in [1.807, 2.05) is 0 Å². The molecule has 1 aliphatic rings. The van der Waals surface area contributed by atoms with Crippen LogP contribution in [-0.4, -0.2) is 16.1 Å². The van der Waals surface area contributed by atoms with Gasteiger partial charge >= 0.3 is 6.18 Å². The Hall–Kier alpha value is -2.31. The van der Waals surface area contributed by atoms with Gasteiger partial charge in [0, 0.05) is 17.8 Å². The Bertz CT molecular complexity index is 752. The Morgan fingerprint density at radius 3 is 2.92 bits per heavy atom. The fourth-order valence-electron chi connectivity index (χ4n) is 3.11. The fraction of sp³-hybridized carbons (Fsp3) is 0.412. The van der Waals surface area contributed by atoms with Gasteiger partial charge in [-0.15, -0.1) is 0 Å². The summed E-state index contributed by atoms with van der Waals surface area (Å²) in [6.45, 7) is 1.83. The first kappa shape index (κ1) is 16.5. The third-order valence-electron chi connectivity index (χ3n) is 4.49. The van der Waals surface area contributed by atoms with Crippen LogP contribution in [0.25, 0.3) is 0 Å². The molecule has 1 heterocycles. The number of halogens is 3. The van der Waals surface area contributed by atoms with Gasteiger partial charge in [-0.2, -0.15) is 18.3 Å². The van der Waals surface area contributed by atoms with Gasteiger partial charge in [0.05, 0.1) is 17.7 Å². The van der Waals surface area contributed by atoms with Gasteiger partial charge in [-0.25, -0.2) is 0 Å². The Kier molecular flexibility index (Phi) is 4.34. The molecule has 0 aliphatic heterocycles. The standard InChI is InChI=1S/C17H18F3N3O/c1-10-7-12(17(18,19)20)6-5-11(10)8-21-16(24)13-3-2-4-15-14(13)9-22-23-15/h5-7,9,13H,2-4,8H2,1H3,(H,21,24)(H,22,23). The van der Waals surface area contributed by atoms with Gasteiger partial charge in [-0.3, -0.25) is 9.89 Å². The number of amides is 1. The lowest BCUT2D eigenvalue weighted by atomic mass is 9.86. The molecular formula is C17H18F3N3O. The van der Waals surface area contributed by atoms with Gasteiger partial charge in [0.15, 0.2) is 0 Å². The molecule has 3 rings (SSSR count). The van der Waals surface area contributed by atoms with Crippen molar-refractivity contribution in [3.05, 3.63) is 52.3 Å². The summed E-state index contributed by atoms with van der Waals surface area (Å²) in [5.74, 6) is -0.362. The number of aromatic amines is 1. The van der Waals surface area contributed by atoms with Crippen LogP contribution in [0.15, 0.2) is 24.4 Å². The van der Waals surface area contributed by atoms with Crippen molar-refractivity contribution in [2.45, 2.75) is 44.8 Å². The molecule has 4 nitrogen and oxygen atoms in total. The van der Waals surface area contributed by atoms with Crippen molar-refractivity contribution < 1.29 is 18.0 Å². The molecule has 1 amide bonds. The van der Waals surface area contributed by atoms with E-state index in [-0.39, 0.29) is 18.4 Å². The summed E-state index contributed by atoms with van der Waals surface area (Å²) in [5, 5.41) is 9.74. The molecule has 2 N–H and O–H groups in total. The van der Waals surface area contributed by atoms with Crippen LogP contribution in [0.5, 0.6) is 0 Å². The summed E-state index contributed by atoms with van der Waals surface area (Å²) >= 11 is 0. The largest absolute Gasteiger partial charge is 0.416 e. The van der Waals surface area contributed by atoms with Crippen LogP contribution >= 0.6 is 0 Å². The Labute approximate surface area is 137 Å². The average Bonchev–Trinajstić information content (AvgIpc) is 3.00. The van der Waals surface area contributed by atoms with Crippen molar-refractivity contribution >= 4 is 5.91 Å². The first-order chi connectivity index (χ1) is 11.4. The molecule has 0 spiro atoms. The van der Waals surface area contributed by atoms with E-state index in [9.17, 15) is 18.0 Å². The fourth-order valence-corrected chi connectivity index (χ4v) is 3.11. The summed E-state index contributed by atoms with van der Waals surface area (Å²) in [5.41, 5.74) is 2.43. The summed E-state index contributed by atoms with van der Waals surface area (Å²) in [6, 6.07) is 3.57. The summed E-state index contributed by atoms with van der Waals surface area (Å²) in [7, 11) is 0. The number of aryl methyl sites for hydroxylation is 2. The highest BCUT2D eigenvalue weighted by Gasteiger charge is 2.31. The van der Waals surface area contributed by atoms with Crippen molar-refractivity contribution in [1.29, 1.82) is 0 Å². The second-order valence-corrected chi connectivity index (χ2v) is 6.11. The number of H-pyrrole nitrogens is 1. The van der Waals surface area contributed by atoms with Crippen molar-refractivity contribution in [2.24, 2.45) is 0 Å². The molecular weight excluding hydrogens is 319 g/mol. The van der Waals surface area contributed by atoms with Crippen LogP contribution < -0.4 is 5.32 Å². The van der Waals surface area contributed by atoms with E-state index < -0.39 is 11.7 Å². The maximum atomic E-state index is 12.7. The molecule has 1 atom stereocenters. The minimum atomic E-state index is -4.35. The van der Waals surface area contributed by atoms with Crippen LogP contribution in [-0.2, 0) is 23.9 Å². The van der Waals surface area contributed by atoms with Gasteiger partial charge in [-0.05, 0) is 49.4 Å². The normalized spacial score (nSPS) is 17.4. The molecule has 1 aromatic heterocycles. The van der Waals surface area contributed by atoms with Crippen LogP contribution in [0.1, 0.15) is 46.7 Å². The number of rotatable bonds is 3. The van der Waals surface area contributed by atoms with Crippen molar-refractivity contribution in [1.82, 2.24) is 15.5 Å². The number of carbonyl (C=O) groups is 1. The van der Waals surface area contributed by atoms with Crippen LogP contribution in [0.3, 0.4) is 0 Å². The molecule has 1 unspecified atom stereocenters. The van der Waals surface area contributed by atoms with E-state index in [1.165, 1.54) is 6.07 Å². The van der Waals surface area contributed by atoms with Crippen molar-refractivity contribution in [3.8, 4) is 0 Å². The molecule has 0 saturated carbocycles. The van der Waals surface area contributed by atoms with Gasteiger partial charge in [0.25, 0.3) is 0 Å². The van der Waals surface area contributed by atoms with E-state index in [4.69, 9.17) is 0 Å². The molecule has 0 bridgehead atoms. The number of nitrogens with one attached hydrogen (secondary N) is 2. The molecule has 0 radical (unpaired) electrons. The molecule has 7 heteroatoms. The lowest BCUT2D eigenvalue weighted by Gasteiger charge is -2.21. The van der Waals surface area contributed by atoms with Crippen LogP contribution in [0, 0.1) is 6.92 Å². The molecule has 0 saturated heterocycles. The van der Waals surface area contributed by atoms with E-state index in [1.54, 1.807) is 13.1 Å². The second-order valence-electron chi connectivity index (χ2n) is 6.11. The van der Waals surface area contributed by atoms with E-state index in [0.29, 0.717) is 11.1 Å². The topological polar surface area (TPSA) is 57.8 Å². The highest BCUT2D eigenvalue weighted by Crippen LogP contribution is 2.31. The van der Waals surface area contributed by atoms with Gasteiger partial charge < -0.3 is 5.32 Å². The Balaban J connectivity index is 1.68. The minimum absolute atomic E-state index is 0.114. The van der Waals surface area contributed by atoms with Crippen LogP contribution in [0.2, 0.25) is 0 Å². The third-order valence-corrected chi connectivity index (χ3v) is 4.49. The summed E-state index contributed by atoms with van der Waals surface area (Å²) < 4.78 is 38.1. The van der Waals surface area contributed by atoms with Crippen molar-refractivity contribution in [3.63, 3.8) is 0 Å². The Morgan fingerprint density at radius 1 is 1.42 bits per heavy atom.